The molecule has 3 aromatic rings. The van der Waals surface area contributed by atoms with E-state index >= 15 is 0 Å². The number of hydrogen-bond donors (Lipinski definition) is 2. The minimum atomic E-state index is -0.920. The Balaban J connectivity index is 0.000000627. The van der Waals surface area contributed by atoms with Crippen molar-refractivity contribution in [3.63, 3.8) is 0 Å². The van der Waals surface area contributed by atoms with E-state index in [1.807, 2.05) is 20.8 Å². The largest absolute Gasteiger partial charge is 0.496 e. The van der Waals surface area contributed by atoms with Crippen molar-refractivity contribution >= 4 is 36.0 Å². The summed E-state index contributed by atoms with van der Waals surface area (Å²) < 4.78 is 34.5. The Morgan fingerprint density at radius 1 is 0.783 bits per heavy atom. The molecule has 0 bridgehead atoms. The summed E-state index contributed by atoms with van der Waals surface area (Å²) in [7, 11) is 1.45. The number of rotatable bonds is 9. The average Bonchev–Trinajstić information content (AvgIpc) is 3.53. The highest BCUT2D eigenvalue weighted by atomic mass is 16.6. The van der Waals surface area contributed by atoms with Crippen molar-refractivity contribution in [3.8, 4) is 22.8 Å². The number of nitrogens with zero attached hydrogens (tertiary/aromatic N) is 5. The van der Waals surface area contributed by atoms with Crippen molar-refractivity contribution in [2.45, 2.75) is 131 Å². The van der Waals surface area contributed by atoms with Crippen LogP contribution in [0.3, 0.4) is 0 Å². The normalized spacial score (nSPS) is 13.2. The minimum Gasteiger partial charge on any atom is -0.496 e. The monoisotopic (exact) mass is 841 g/mol. The van der Waals surface area contributed by atoms with Gasteiger partial charge >= 0.3 is 24.4 Å². The summed E-state index contributed by atoms with van der Waals surface area (Å²) in [4.78, 5) is 72.1. The van der Waals surface area contributed by atoms with Gasteiger partial charge < -0.3 is 43.6 Å². The van der Waals surface area contributed by atoms with Crippen molar-refractivity contribution in [1.82, 2.24) is 30.0 Å². The molecule has 1 aliphatic heterocycles. The lowest BCUT2D eigenvalue weighted by Gasteiger charge is -2.29. The topological polar surface area (TPSA) is 206 Å². The molecule has 60 heavy (non-hydrogen) atoms. The molecule has 3 heterocycles. The Morgan fingerprint density at radius 2 is 1.37 bits per heavy atom. The molecule has 2 N–H and O–H groups in total. The number of likely N-dealkylation sites (tertiary alicyclic amines) is 1. The fourth-order valence-electron chi connectivity index (χ4n) is 5.42. The zero-order valence-corrected chi connectivity index (χ0v) is 37.3. The molecule has 2 aromatic heterocycles. The Kier molecular flexibility index (Phi) is 16.5. The lowest BCUT2D eigenvalue weighted by Crippen LogP contribution is -2.39. The summed E-state index contributed by atoms with van der Waals surface area (Å²) in [5, 5.41) is 7.13. The van der Waals surface area contributed by atoms with E-state index in [0.29, 0.717) is 23.5 Å². The molecule has 1 aromatic carbocycles. The third-order valence-corrected chi connectivity index (χ3v) is 7.67. The number of methoxy groups -OCH3 is 1. The van der Waals surface area contributed by atoms with E-state index in [-0.39, 0.29) is 42.2 Å². The molecule has 0 aliphatic carbocycles. The Hall–Kier alpha value is -5.81. The maximum atomic E-state index is 13.6. The second-order valence-electron chi connectivity index (χ2n) is 17.9. The fourth-order valence-corrected chi connectivity index (χ4v) is 5.42. The standard InChI is InChI=1S/C32H44N6O9.C10H19NO2/c1-30(2,3)45-27(40)34-15-12-16-44-22-14-11-13-21(43-10)26(22)20-17-23(36-38(20)29(42)47-32(7,8)9)37(28(41)46-31(4,5)6)24-18-33-19-25(39)35-24;1-10(2,3)13-9(12)11-7-5-4-6-8-11/h11,13-14,17-19H,12,15-16H2,1-10H3,(H,34,40)(H,35,39);4-8H2,1-3H3. The molecular formula is C42H63N7O11. The maximum absolute atomic E-state index is 13.6. The average molecular weight is 842 g/mol. The zero-order valence-electron chi connectivity index (χ0n) is 37.3. The highest BCUT2D eigenvalue weighted by Gasteiger charge is 2.33. The van der Waals surface area contributed by atoms with Gasteiger partial charge in [-0.3, -0.25) is 9.78 Å². The van der Waals surface area contributed by atoms with Gasteiger partial charge in [-0.2, -0.15) is 4.68 Å². The van der Waals surface area contributed by atoms with Crippen molar-refractivity contribution in [3.05, 3.63) is 47.0 Å². The van der Waals surface area contributed by atoms with Gasteiger partial charge in [-0.1, -0.05) is 6.07 Å². The van der Waals surface area contributed by atoms with E-state index < -0.39 is 40.6 Å². The van der Waals surface area contributed by atoms with E-state index in [1.165, 1.54) is 25.8 Å². The predicted molar refractivity (Wildman–Crippen MR) is 225 cm³/mol. The molecule has 18 heteroatoms. The van der Waals surface area contributed by atoms with E-state index in [9.17, 15) is 24.0 Å². The summed E-state index contributed by atoms with van der Waals surface area (Å²) in [6.45, 7) is 23.3. The van der Waals surface area contributed by atoms with Crippen LogP contribution in [0, 0.1) is 0 Å². The number of H-pyrrole nitrogens is 1. The quantitative estimate of drug-likeness (QED) is 0.154. The first-order chi connectivity index (χ1) is 27.8. The zero-order chi connectivity index (χ0) is 45.1. The number of carbonyl (C=O) groups is 4. The molecule has 0 radical (unpaired) electrons. The maximum Gasteiger partial charge on any atom is 0.435 e. The number of hydrogen-bond acceptors (Lipinski definition) is 13. The second-order valence-corrected chi connectivity index (χ2v) is 17.9. The smallest absolute Gasteiger partial charge is 0.435 e. The summed E-state index contributed by atoms with van der Waals surface area (Å²) in [6.07, 6.45) is 3.72. The van der Waals surface area contributed by atoms with Crippen LogP contribution in [0.15, 0.2) is 41.5 Å². The number of benzene rings is 1. The van der Waals surface area contributed by atoms with Gasteiger partial charge in [-0.25, -0.2) is 24.1 Å². The summed E-state index contributed by atoms with van der Waals surface area (Å²) in [6, 6.07) is 6.49. The van der Waals surface area contributed by atoms with Crippen LogP contribution >= 0.6 is 0 Å². The Morgan fingerprint density at radius 3 is 1.93 bits per heavy atom. The first-order valence-corrected chi connectivity index (χ1v) is 19.9. The molecule has 4 rings (SSSR count). The van der Waals surface area contributed by atoms with Crippen LogP contribution < -0.4 is 25.2 Å². The molecule has 1 aliphatic rings. The number of amides is 3. The van der Waals surface area contributed by atoms with E-state index in [4.69, 9.17) is 28.4 Å². The van der Waals surface area contributed by atoms with Crippen molar-refractivity contribution in [1.29, 1.82) is 0 Å². The molecular weight excluding hydrogens is 778 g/mol. The third kappa shape index (κ3) is 16.1. The molecule has 0 atom stereocenters. The molecule has 0 unspecified atom stereocenters. The number of anilines is 2. The number of piperidine rings is 1. The number of aromatic nitrogens is 4. The lowest BCUT2D eigenvalue weighted by atomic mass is 10.1. The van der Waals surface area contributed by atoms with Crippen LogP contribution in [0.5, 0.6) is 11.5 Å². The van der Waals surface area contributed by atoms with Crippen molar-refractivity contribution in [2.75, 3.05) is 38.3 Å². The van der Waals surface area contributed by atoms with E-state index in [1.54, 1.807) is 85.4 Å². The molecule has 0 saturated carbocycles. The lowest BCUT2D eigenvalue weighted by molar-refractivity contribution is 0.0215. The van der Waals surface area contributed by atoms with Crippen LogP contribution in [0.2, 0.25) is 0 Å². The molecule has 3 amide bonds. The van der Waals surface area contributed by atoms with Gasteiger partial charge in [0.15, 0.2) is 5.82 Å². The Labute approximate surface area is 352 Å². The molecule has 18 nitrogen and oxygen atoms in total. The van der Waals surface area contributed by atoms with Crippen LogP contribution in [0.1, 0.15) is 109 Å². The fraction of sp³-hybridized carbons (Fsp3) is 0.595. The van der Waals surface area contributed by atoms with Gasteiger partial charge in [0, 0.05) is 25.7 Å². The summed E-state index contributed by atoms with van der Waals surface area (Å²) >= 11 is 0. The number of ether oxygens (including phenoxy) is 6. The predicted octanol–water partition coefficient (Wildman–Crippen LogP) is 8.20. The second kappa shape index (κ2) is 20.4. The van der Waals surface area contributed by atoms with Crippen molar-refractivity contribution < 1.29 is 47.6 Å². The number of nitrogens with one attached hydrogen (secondary N) is 2. The minimum absolute atomic E-state index is 0.0545. The SMILES string of the molecule is CC(C)(C)OC(=O)N1CCCCC1.COc1cccc(OCCCNC(=O)OC(C)(C)C)c1-c1cc(N(C(=O)OC(C)(C)C)c2cncc(=O)[nH]2)nn1C(=O)OC(C)(C)C. The summed E-state index contributed by atoms with van der Waals surface area (Å²) in [5.41, 5.74) is -2.93. The van der Waals surface area contributed by atoms with Gasteiger partial charge in [-0.15, -0.1) is 5.10 Å². The van der Waals surface area contributed by atoms with Gasteiger partial charge in [0.05, 0.1) is 37.4 Å². The van der Waals surface area contributed by atoms with E-state index in [2.05, 4.69) is 20.4 Å². The summed E-state index contributed by atoms with van der Waals surface area (Å²) in [5.74, 6) is 0.490. The van der Waals surface area contributed by atoms with Gasteiger partial charge in [0.25, 0.3) is 5.56 Å². The van der Waals surface area contributed by atoms with Crippen LogP contribution in [0.4, 0.5) is 30.8 Å². The first kappa shape index (κ1) is 48.6. The van der Waals surface area contributed by atoms with Gasteiger partial charge in [-0.05, 0) is 121 Å². The Bertz CT molecular complexity index is 1980. The molecule has 332 valence electrons. The number of carbonyl (C=O) groups excluding carboxylic acids is 4. The first-order valence-electron chi connectivity index (χ1n) is 19.9. The molecule has 1 saturated heterocycles. The highest BCUT2D eigenvalue weighted by Crippen LogP contribution is 2.41. The van der Waals surface area contributed by atoms with E-state index in [0.717, 1.165) is 41.7 Å². The third-order valence-electron chi connectivity index (χ3n) is 7.67. The van der Waals surface area contributed by atoms with Crippen molar-refractivity contribution in [2.24, 2.45) is 0 Å². The number of alkyl carbamates (subject to hydrolysis) is 1. The van der Waals surface area contributed by atoms with Crippen LogP contribution in [-0.2, 0) is 18.9 Å². The molecule has 0 spiro atoms. The number of aromatic amines is 1. The van der Waals surface area contributed by atoms with Gasteiger partial charge in [0.1, 0.15) is 39.7 Å². The van der Waals surface area contributed by atoms with Crippen LogP contribution in [0.25, 0.3) is 11.3 Å². The highest BCUT2D eigenvalue weighted by molar-refractivity contribution is 5.96. The van der Waals surface area contributed by atoms with Gasteiger partial charge in [0.2, 0.25) is 0 Å². The van der Waals surface area contributed by atoms with Crippen LogP contribution in [-0.4, -0.2) is 105 Å². The molecule has 1 fully saturated rings.